The number of amides is 2. The maximum atomic E-state index is 11.6. The molecule has 17 heavy (non-hydrogen) atoms. The first-order valence-corrected chi connectivity index (χ1v) is 5.34. The third-order valence-electron chi connectivity index (χ3n) is 2.52. The SMILES string of the molecule is Cc1ccc(NC(=O)Nc2ccco2)cc1C. The molecule has 2 N–H and O–H groups in total. The molecule has 1 aromatic heterocycles. The summed E-state index contributed by atoms with van der Waals surface area (Å²) in [5.74, 6) is 0.423. The predicted molar refractivity (Wildman–Crippen MR) is 67.3 cm³/mol. The zero-order chi connectivity index (χ0) is 12.3. The van der Waals surface area contributed by atoms with Crippen LogP contribution in [-0.4, -0.2) is 6.03 Å². The van der Waals surface area contributed by atoms with Gasteiger partial charge in [-0.25, -0.2) is 4.79 Å². The van der Waals surface area contributed by atoms with Crippen molar-refractivity contribution in [2.45, 2.75) is 13.8 Å². The van der Waals surface area contributed by atoms with Gasteiger partial charge in [-0.2, -0.15) is 0 Å². The molecule has 2 aromatic rings. The quantitative estimate of drug-likeness (QED) is 0.829. The number of nitrogens with one attached hydrogen (secondary N) is 2. The van der Waals surface area contributed by atoms with Crippen molar-refractivity contribution >= 4 is 17.6 Å². The van der Waals surface area contributed by atoms with E-state index in [4.69, 9.17) is 4.42 Å². The monoisotopic (exact) mass is 230 g/mol. The molecule has 0 saturated carbocycles. The first kappa shape index (κ1) is 11.3. The molecule has 4 nitrogen and oxygen atoms in total. The largest absolute Gasteiger partial charge is 0.449 e. The zero-order valence-electron chi connectivity index (χ0n) is 9.78. The smallest absolute Gasteiger partial charge is 0.326 e. The Bertz CT molecular complexity index is 518. The second-order valence-corrected chi connectivity index (χ2v) is 3.86. The summed E-state index contributed by atoms with van der Waals surface area (Å²) in [5.41, 5.74) is 3.10. The molecule has 0 bridgehead atoms. The van der Waals surface area contributed by atoms with E-state index in [-0.39, 0.29) is 6.03 Å². The number of carbonyl (C=O) groups excluding carboxylic acids is 1. The molecular formula is C13H14N2O2. The highest BCUT2D eigenvalue weighted by atomic mass is 16.3. The summed E-state index contributed by atoms with van der Waals surface area (Å²) in [6.45, 7) is 4.03. The third-order valence-corrected chi connectivity index (χ3v) is 2.52. The van der Waals surface area contributed by atoms with Crippen LogP contribution < -0.4 is 10.6 Å². The summed E-state index contributed by atoms with van der Waals surface area (Å²) in [7, 11) is 0. The lowest BCUT2D eigenvalue weighted by Crippen LogP contribution is -2.19. The molecule has 1 heterocycles. The molecule has 0 atom stereocenters. The van der Waals surface area contributed by atoms with E-state index in [0.29, 0.717) is 5.88 Å². The van der Waals surface area contributed by atoms with Crippen LogP contribution in [0.15, 0.2) is 41.0 Å². The number of carbonyl (C=O) groups is 1. The lowest BCUT2D eigenvalue weighted by molar-refractivity contribution is 0.261. The van der Waals surface area contributed by atoms with Crippen LogP contribution in [-0.2, 0) is 0 Å². The number of anilines is 2. The highest BCUT2D eigenvalue weighted by Crippen LogP contribution is 2.14. The minimum atomic E-state index is -0.316. The van der Waals surface area contributed by atoms with Crippen molar-refractivity contribution in [3.63, 3.8) is 0 Å². The first-order chi connectivity index (χ1) is 8.15. The highest BCUT2D eigenvalue weighted by Gasteiger charge is 2.04. The van der Waals surface area contributed by atoms with Crippen molar-refractivity contribution < 1.29 is 9.21 Å². The summed E-state index contributed by atoms with van der Waals surface area (Å²) >= 11 is 0. The number of hydrogen-bond donors (Lipinski definition) is 2. The van der Waals surface area contributed by atoms with Gasteiger partial charge in [0.15, 0.2) is 0 Å². The van der Waals surface area contributed by atoms with Crippen LogP contribution in [0.3, 0.4) is 0 Å². The third kappa shape index (κ3) is 2.87. The van der Waals surface area contributed by atoms with Crippen LogP contribution in [0.2, 0.25) is 0 Å². The van der Waals surface area contributed by atoms with Crippen LogP contribution >= 0.6 is 0 Å². The van der Waals surface area contributed by atoms with Crippen molar-refractivity contribution in [1.82, 2.24) is 0 Å². The standard InChI is InChI=1S/C13H14N2O2/c1-9-5-6-11(8-10(9)2)14-13(16)15-12-4-3-7-17-12/h3-8H,1-2H3,(H2,14,15,16). The van der Waals surface area contributed by atoms with Crippen LogP contribution in [0.5, 0.6) is 0 Å². The Balaban J connectivity index is 2.00. The van der Waals surface area contributed by atoms with E-state index >= 15 is 0 Å². The number of hydrogen-bond acceptors (Lipinski definition) is 2. The Hall–Kier alpha value is -2.23. The van der Waals surface area contributed by atoms with Gasteiger partial charge in [0.05, 0.1) is 6.26 Å². The Labute approximate surface area is 99.6 Å². The van der Waals surface area contributed by atoms with Gasteiger partial charge in [0.1, 0.15) is 0 Å². The summed E-state index contributed by atoms with van der Waals surface area (Å²) in [5, 5.41) is 5.33. The van der Waals surface area contributed by atoms with Gasteiger partial charge in [-0.1, -0.05) is 6.07 Å². The molecule has 0 saturated heterocycles. The van der Waals surface area contributed by atoms with Gasteiger partial charge in [-0.15, -0.1) is 0 Å². The van der Waals surface area contributed by atoms with Crippen LogP contribution in [0.1, 0.15) is 11.1 Å². The van der Waals surface area contributed by atoms with Gasteiger partial charge in [0.25, 0.3) is 0 Å². The Morgan fingerprint density at radius 3 is 2.59 bits per heavy atom. The molecule has 4 heteroatoms. The molecular weight excluding hydrogens is 216 g/mol. The predicted octanol–water partition coefficient (Wildman–Crippen LogP) is 3.54. The molecule has 1 aromatic carbocycles. The number of rotatable bonds is 2. The van der Waals surface area contributed by atoms with Gasteiger partial charge in [-0.3, -0.25) is 5.32 Å². The molecule has 2 rings (SSSR count). The van der Waals surface area contributed by atoms with Crippen molar-refractivity contribution in [1.29, 1.82) is 0 Å². The maximum absolute atomic E-state index is 11.6. The van der Waals surface area contributed by atoms with E-state index in [9.17, 15) is 4.79 Å². The minimum Gasteiger partial charge on any atom is -0.449 e. The second-order valence-electron chi connectivity index (χ2n) is 3.86. The molecule has 0 radical (unpaired) electrons. The van der Waals surface area contributed by atoms with Gasteiger partial charge in [0.2, 0.25) is 5.88 Å². The van der Waals surface area contributed by atoms with Gasteiger partial charge >= 0.3 is 6.03 Å². The summed E-state index contributed by atoms with van der Waals surface area (Å²) in [4.78, 5) is 11.6. The van der Waals surface area contributed by atoms with Gasteiger partial charge < -0.3 is 9.73 Å². The average Bonchev–Trinajstić information content (AvgIpc) is 2.76. The molecule has 0 aliphatic carbocycles. The average molecular weight is 230 g/mol. The van der Waals surface area contributed by atoms with Crippen LogP contribution in [0.25, 0.3) is 0 Å². The van der Waals surface area contributed by atoms with Gasteiger partial charge in [-0.05, 0) is 43.2 Å². The van der Waals surface area contributed by atoms with E-state index in [0.717, 1.165) is 11.3 Å². The fourth-order valence-electron chi connectivity index (χ4n) is 1.44. The molecule has 0 unspecified atom stereocenters. The van der Waals surface area contributed by atoms with E-state index in [1.165, 1.54) is 11.8 Å². The number of urea groups is 1. The van der Waals surface area contributed by atoms with Crippen molar-refractivity contribution in [3.8, 4) is 0 Å². The van der Waals surface area contributed by atoms with E-state index < -0.39 is 0 Å². The first-order valence-electron chi connectivity index (χ1n) is 5.34. The number of furan rings is 1. The molecule has 88 valence electrons. The topological polar surface area (TPSA) is 54.3 Å². The fraction of sp³-hybridized carbons (Fsp3) is 0.154. The van der Waals surface area contributed by atoms with Crippen LogP contribution in [0, 0.1) is 13.8 Å². The highest BCUT2D eigenvalue weighted by molar-refractivity contribution is 5.98. The van der Waals surface area contributed by atoms with Gasteiger partial charge in [0, 0.05) is 11.8 Å². The molecule has 0 aliphatic rings. The maximum Gasteiger partial charge on any atom is 0.326 e. The Morgan fingerprint density at radius 1 is 1.12 bits per heavy atom. The lowest BCUT2D eigenvalue weighted by atomic mass is 10.1. The van der Waals surface area contributed by atoms with Crippen molar-refractivity contribution in [2.75, 3.05) is 10.6 Å². The molecule has 2 amide bonds. The van der Waals surface area contributed by atoms with Crippen molar-refractivity contribution in [3.05, 3.63) is 47.7 Å². The summed E-state index contributed by atoms with van der Waals surface area (Å²) in [6.07, 6.45) is 1.51. The lowest BCUT2D eigenvalue weighted by Gasteiger charge is -2.07. The van der Waals surface area contributed by atoms with Crippen LogP contribution in [0.4, 0.5) is 16.4 Å². The summed E-state index contributed by atoms with van der Waals surface area (Å²) < 4.78 is 5.01. The van der Waals surface area contributed by atoms with E-state index in [2.05, 4.69) is 10.6 Å². The zero-order valence-corrected chi connectivity index (χ0v) is 9.78. The number of benzene rings is 1. The normalized spacial score (nSPS) is 10.0. The Morgan fingerprint density at radius 2 is 1.94 bits per heavy atom. The molecule has 0 spiro atoms. The minimum absolute atomic E-state index is 0.316. The molecule has 0 aliphatic heterocycles. The van der Waals surface area contributed by atoms with Crippen molar-refractivity contribution in [2.24, 2.45) is 0 Å². The summed E-state index contributed by atoms with van der Waals surface area (Å²) in [6, 6.07) is 8.84. The number of aryl methyl sites for hydroxylation is 2. The second kappa shape index (κ2) is 4.74. The fourth-order valence-corrected chi connectivity index (χ4v) is 1.44. The van der Waals surface area contributed by atoms with E-state index in [1.807, 2.05) is 32.0 Å². The Kier molecular flexibility index (Phi) is 3.14. The van der Waals surface area contributed by atoms with E-state index in [1.54, 1.807) is 12.1 Å². The molecule has 0 fully saturated rings.